The molecule has 2 N–H and O–H groups in total. The minimum absolute atomic E-state index is 0.0730. The molecular weight excluding hydrogens is 336 g/mol. The molecule has 2 aromatic carbocycles. The molecule has 0 aromatic heterocycles. The highest BCUT2D eigenvalue weighted by Gasteiger charge is 2.47. The Morgan fingerprint density at radius 1 is 1.15 bits per heavy atom. The number of fused-ring (bicyclic) bond motifs is 1. The third kappa shape index (κ3) is 3.20. The number of carbonyl (C=O) groups excluding carboxylic acids is 1. The number of para-hydroxylation sites is 1. The van der Waals surface area contributed by atoms with Gasteiger partial charge in [-0.05, 0) is 54.7 Å². The fraction of sp³-hybridized carbons (Fsp3) is 0.348. The lowest BCUT2D eigenvalue weighted by Gasteiger charge is -2.46. The summed E-state index contributed by atoms with van der Waals surface area (Å²) in [6.45, 7) is 7.49. The summed E-state index contributed by atoms with van der Waals surface area (Å²) in [6.07, 6.45) is 2.39. The Morgan fingerprint density at radius 3 is 2.41 bits per heavy atom. The largest absolute Gasteiger partial charge is 0.508 e. The topological polar surface area (TPSA) is 52.6 Å². The lowest BCUT2D eigenvalue weighted by molar-refractivity contribution is -0.117. The third-order valence-corrected chi connectivity index (χ3v) is 5.88. The molecule has 0 bridgehead atoms. The van der Waals surface area contributed by atoms with Crippen LogP contribution in [0.15, 0.2) is 55.1 Å². The number of aliphatic hydroxyl groups is 1. The van der Waals surface area contributed by atoms with Crippen molar-refractivity contribution in [3.05, 3.63) is 66.2 Å². The molecule has 27 heavy (non-hydrogen) atoms. The molecule has 1 unspecified atom stereocenters. The van der Waals surface area contributed by atoms with E-state index >= 15 is 0 Å². The lowest BCUT2D eigenvalue weighted by atomic mass is 9.80. The highest BCUT2D eigenvalue weighted by Crippen LogP contribution is 2.49. The first-order valence-electron chi connectivity index (χ1n) is 9.61. The van der Waals surface area contributed by atoms with Crippen molar-refractivity contribution in [3.8, 4) is 0 Å². The van der Waals surface area contributed by atoms with Gasteiger partial charge in [-0.3, -0.25) is 4.79 Å². The van der Waals surface area contributed by atoms with E-state index in [0.29, 0.717) is 11.8 Å². The predicted octanol–water partition coefficient (Wildman–Crippen LogP) is 5.15. The van der Waals surface area contributed by atoms with Gasteiger partial charge < -0.3 is 15.3 Å². The van der Waals surface area contributed by atoms with Crippen LogP contribution in [-0.2, 0) is 4.79 Å². The van der Waals surface area contributed by atoms with Gasteiger partial charge in [0.05, 0.1) is 6.04 Å². The van der Waals surface area contributed by atoms with E-state index in [0.717, 1.165) is 22.5 Å². The second kappa shape index (κ2) is 6.76. The zero-order valence-electron chi connectivity index (χ0n) is 15.9. The summed E-state index contributed by atoms with van der Waals surface area (Å²) in [6, 6.07) is 16.2. The van der Waals surface area contributed by atoms with Gasteiger partial charge in [0.1, 0.15) is 5.76 Å². The van der Waals surface area contributed by atoms with Crippen LogP contribution in [0, 0.1) is 11.8 Å². The van der Waals surface area contributed by atoms with Crippen LogP contribution in [0.25, 0.3) is 5.76 Å². The zero-order valence-corrected chi connectivity index (χ0v) is 15.9. The summed E-state index contributed by atoms with van der Waals surface area (Å²) in [4.78, 5) is 14.5. The second-order valence-corrected chi connectivity index (χ2v) is 7.78. The maximum atomic E-state index is 12.5. The average molecular weight is 362 g/mol. The molecule has 1 heterocycles. The molecule has 0 radical (unpaired) electrons. The molecule has 3 atom stereocenters. The molecule has 4 nitrogen and oxygen atoms in total. The molecule has 1 fully saturated rings. The number of anilines is 2. The molecule has 0 saturated heterocycles. The van der Waals surface area contributed by atoms with Gasteiger partial charge in [0.15, 0.2) is 0 Å². The molecule has 2 aliphatic rings. The standard InChI is InChI=1S/C23H26N2O2/c1-14-22(24-19-12-10-17(11-13-19)15(2)26)20-6-4-5-7-21(20)25(16(3)27)23(14)18-8-9-18/h4-7,10-14,18,22-24,26H,2,8-9H2,1,3H3/t14?,22-,23-/m1/s1. The van der Waals surface area contributed by atoms with E-state index < -0.39 is 0 Å². The number of rotatable bonds is 4. The molecule has 4 rings (SSSR count). The van der Waals surface area contributed by atoms with E-state index in [4.69, 9.17) is 0 Å². The Morgan fingerprint density at radius 2 is 1.81 bits per heavy atom. The van der Waals surface area contributed by atoms with Crippen LogP contribution < -0.4 is 10.2 Å². The van der Waals surface area contributed by atoms with Crippen molar-refractivity contribution in [1.29, 1.82) is 0 Å². The second-order valence-electron chi connectivity index (χ2n) is 7.78. The lowest BCUT2D eigenvalue weighted by Crippen LogP contribution is -2.51. The maximum Gasteiger partial charge on any atom is 0.224 e. The van der Waals surface area contributed by atoms with Crippen LogP contribution in [0.3, 0.4) is 0 Å². The minimum atomic E-state index is 0.0730. The number of amides is 1. The summed E-state index contributed by atoms with van der Waals surface area (Å²) in [5.74, 6) is 1.07. The quantitative estimate of drug-likeness (QED) is 0.740. The van der Waals surface area contributed by atoms with Crippen molar-refractivity contribution >= 4 is 23.0 Å². The van der Waals surface area contributed by atoms with Crippen molar-refractivity contribution < 1.29 is 9.90 Å². The molecule has 4 heteroatoms. The predicted molar refractivity (Wildman–Crippen MR) is 110 cm³/mol. The number of benzene rings is 2. The van der Waals surface area contributed by atoms with E-state index in [-0.39, 0.29) is 23.8 Å². The van der Waals surface area contributed by atoms with Crippen molar-refractivity contribution in [1.82, 2.24) is 0 Å². The zero-order chi connectivity index (χ0) is 19.1. The highest BCUT2D eigenvalue weighted by atomic mass is 16.3. The molecule has 140 valence electrons. The first-order valence-corrected chi connectivity index (χ1v) is 9.61. The Hall–Kier alpha value is -2.75. The van der Waals surface area contributed by atoms with Crippen molar-refractivity contribution in [2.75, 3.05) is 10.2 Å². The Labute approximate surface area is 160 Å². The van der Waals surface area contributed by atoms with E-state index in [1.165, 1.54) is 12.8 Å². The van der Waals surface area contributed by atoms with Crippen molar-refractivity contribution in [3.63, 3.8) is 0 Å². The maximum absolute atomic E-state index is 12.5. The fourth-order valence-corrected chi connectivity index (χ4v) is 4.45. The Balaban J connectivity index is 1.71. The van der Waals surface area contributed by atoms with Gasteiger partial charge in [-0.2, -0.15) is 0 Å². The van der Waals surface area contributed by atoms with Crippen LogP contribution in [0.2, 0.25) is 0 Å². The summed E-state index contributed by atoms with van der Waals surface area (Å²) in [5, 5.41) is 13.2. The monoisotopic (exact) mass is 362 g/mol. The van der Waals surface area contributed by atoms with E-state index in [1.807, 2.05) is 41.3 Å². The van der Waals surface area contributed by atoms with E-state index in [2.05, 4.69) is 31.0 Å². The summed E-state index contributed by atoms with van der Waals surface area (Å²) >= 11 is 0. The van der Waals surface area contributed by atoms with Crippen molar-refractivity contribution in [2.24, 2.45) is 11.8 Å². The Bertz CT molecular complexity index is 870. The molecule has 1 amide bonds. The van der Waals surface area contributed by atoms with Gasteiger partial charge in [0, 0.05) is 35.8 Å². The average Bonchev–Trinajstić information content (AvgIpc) is 3.48. The Kier molecular flexibility index (Phi) is 4.42. The molecule has 0 spiro atoms. The van der Waals surface area contributed by atoms with Crippen LogP contribution in [0.5, 0.6) is 0 Å². The fourth-order valence-electron chi connectivity index (χ4n) is 4.45. The van der Waals surface area contributed by atoms with E-state index in [9.17, 15) is 9.90 Å². The van der Waals surface area contributed by atoms with Crippen LogP contribution >= 0.6 is 0 Å². The van der Waals surface area contributed by atoms with Gasteiger partial charge in [0.2, 0.25) is 5.91 Å². The van der Waals surface area contributed by atoms with Gasteiger partial charge >= 0.3 is 0 Å². The number of carbonyl (C=O) groups is 1. The number of nitrogens with zero attached hydrogens (tertiary/aromatic N) is 1. The highest BCUT2D eigenvalue weighted by molar-refractivity contribution is 5.94. The van der Waals surface area contributed by atoms with Gasteiger partial charge in [0.25, 0.3) is 0 Å². The van der Waals surface area contributed by atoms with E-state index in [1.54, 1.807) is 6.92 Å². The molecule has 1 aliphatic heterocycles. The molecule has 2 aromatic rings. The van der Waals surface area contributed by atoms with Gasteiger partial charge in [-0.1, -0.05) is 31.7 Å². The molecule has 1 saturated carbocycles. The van der Waals surface area contributed by atoms with Gasteiger partial charge in [-0.15, -0.1) is 0 Å². The SMILES string of the molecule is C=C(O)c1ccc(N[C@H]2c3ccccc3N(C(C)=O)[C@@H](C3CC3)C2C)cc1. The number of nitrogens with one attached hydrogen (secondary N) is 1. The number of aliphatic hydroxyl groups excluding tert-OH is 1. The minimum Gasteiger partial charge on any atom is -0.508 e. The number of hydrogen-bond donors (Lipinski definition) is 2. The van der Waals surface area contributed by atoms with Crippen molar-refractivity contribution in [2.45, 2.75) is 38.8 Å². The first kappa shape index (κ1) is 17.7. The summed E-state index contributed by atoms with van der Waals surface area (Å²) < 4.78 is 0. The first-order chi connectivity index (χ1) is 13.0. The number of hydrogen-bond acceptors (Lipinski definition) is 3. The van der Waals surface area contributed by atoms with Gasteiger partial charge in [-0.25, -0.2) is 0 Å². The van der Waals surface area contributed by atoms with Crippen LogP contribution in [0.1, 0.15) is 43.9 Å². The third-order valence-electron chi connectivity index (χ3n) is 5.88. The van der Waals surface area contributed by atoms with Crippen LogP contribution in [-0.4, -0.2) is 17.1 Å². The molecule has 1 aliphatic carbocycles. The normalized spacial score (nSPS) is 24.2. The summed E-state index contributed by atoms with van der Waals surface area (Å²) in [7, 11) is 0. The summed E-state index contributed by atoms with van der Waals surface area (Å²) in [5.41, 5.74) is 3.90. The molecular formula is C23H26N2O2. The van der Waals surface area contributed by atoms with Crippen LogP contribution in [0.4, 0.5) is 11.4 Å². The smallest absolute Gasteiger partial charge is 0.224 e.